The van der Waals surface area contributed by atoms with E-state index in [0.717, 1.165) is 5.56 Å². The molecule has 0 aliphatic rings. The number of carbonyl (C=O) groups is 2. The molecular formula is C14H20ClN3O3. The summed E-state index contributed by atoms with van der Waals surface area (Å²) in [5.41, 5.74) is 6.40. The second kappa shape index (κ2) is 9.33. The Morgan fingerprint density at radius 1 is 1.33 bits per heavy atom. The smallest absolute Gasteiger partial charge is 0.248 e. The van der Waals surface area contributed by atoms with Gasteiger partial charge in [-0.3, -0.25) is 9.59 Å². The number of halogens is 1. The number of nitrogens with two attached hydrogens (primary N) is 1. The third kappa shape index (κ3) is 6.57. The molecule has 0 radical (unpaired) electrons. The summed E-state index contributed by atoms with van der Waals surface area (Å²) < 4.78 is 4.84. The van der Waals surface area contributed by atoms with E-state index in [2.05, 4.69) is 10.6 Å². The van der Waals surface area contributed by atoms with E-state index in [-0.39, 0.29) is 5.91 Å². The Kier molecular flexibility index (Phi) is 7.74. The quantitative estimate of drug-likeness (QED) is 0.584. The lowest BCUT2D eigenvalue weighted by Gasteiger charge is -2.08. The molecule has 0 atom stereocenters. The van der Waals surface area contributed by atoms with Gasteiger partial charge in [-0.1, -0.05) is 17.7 Å². The Balaban J connectivity index is 2.30. The zero-order valence-corrected chi connectivity index (χ0v) is 12.7. The van der Waals surface area contributed by atoms with Gasteiger partial charge in [0.05, 0.1) is 6.61 Å². The van der Waals surface area contributed by atoms with Crippen LogP contribution >= 0.6 is 11.6 Å². The van der Waals surface area contributed by atoms with E-state index in [1.165, 1.54) is 0 Å². The van der Waals surface area contributed by atoms with Gasteiger partial charge in [-0.2, -0.15) is 0 Å². The van der Waals surface area contributed by atoms with E-state index in [0.29, 0.717) is 43.2 Å². The molecule has 4 N–H and O–H groups in total. The van der Waals surface area contributed by atoms with E-state index < -0.39 is 5.91 Å². The summed E-state index contributed by atoms with van der Waals surface area (Å²) in [5, 5.41) is 6.33. The topological polar surface area (TPSA) is 93.4 Å². The average Bonchev–Trinajstić information content (AvgIpc) is 2.45. The van der Waals surface area contributed by atoms with Crippen LogP contribution < -0.4 is 16.4 Å². The number of hydrogen-bond donors (Lipinski definition) is 3. The summed E-state index contributed by atoms with van der Waals surface area (Å²) in [6.07, 6.45) is 0.376. The predicted molar refractivity (Wildman–Crippen MR) is 81.2 cm³/mol. The first-order valence-corrected chi connectivity index (χ1v) is 6.97. The van der Waals surface area contributed by atoms with Gasteiger partial charge >= 0.3 is 0 Å². The number of carbonyl (C=O) groups excluding carboxylic acids is 2. The van der Waals surface area contributed by atoms with Crippen molar-refractivity contribution >= 4 is 23.4 Å². The molecule has 0 aromatic heterocycles. The second-order valence-corrected chi connectivity index (χ2v) is 4.85. The molecule has 1 aromatic carbocycles. The molecule has 0 unspecified atom stereocenters. The molecule has 0 spiro atoms. The summed E-state index contributed by atoms with van der Waals surface area (Å²) in [5.74, 6) is -0.543. The zero-order chi connectivity index (χ0) is 15.7. The van der Waals surface area contributed by atoms with Gasteiger partial charge in [-0.05, 0) is 17.7 Å². The van der Waals surface area contributed by atoms with Crippen LogP contribution in [0, 0.1) is 0 Å². The SMILES string of the molecule is COCCNC(=O)CCNCc1ccc(C(N)=O)cc1Cl. The maximum absolute atomic E-state index is 11.4. The fraction of sp³-hybridized carbons (Fsp3) is 0.429. The normalized spacial score (nSPS) is 10.4. The first-order chi connectivity index (χ1) is 10.0. The average molecular weight is 314 g/mol. The Hall–Kier alpha value is -1.63. The predicted octanol–water partition coefficient (Wildman–Crippen LogP) is 0.681. The Morgan fingerprint density at radius 2 is 2.10 bits per heavy atom. The molecule has 0 saturated carbocycles. The lowest BCUT2D eigenvalue weighted by molar-refractivity contribution is -0.121. The van der Waals surface area contributed by atoms with Crippen LogP contribution in [-0.4, -0.2) is 38.6 Å². The molecule has 0 aliphatic carbocycles. The number of amides is 2. The number of hydrogen-bond acceptors (Lipinski definition) is 4. The fourth-order valence-electron chi connectivity index (χ4n) is 1.65. The number of methoxy groups -OCH3 is 1. The van der Waals surface area contributed by atoms with E-state index in [1.807, 2.05) is 0 Å². The van der Waals surface area contributed by atoms with Gasteiger partial charge in [0.2, 0.25) is 11.8 Å². The minimum absolute atomic E-state index is 0.0327. The molecular weight excluding hydrogens is 294 g/mol. The maximum atomic E-state index is 11.4. The van der Waals surface area contributed by atoms with Crippen molar-refractivity contribution in [1.29, 1.82) is 0 Å². The van der Waals surface area contributed by atoms with Crippen LogP contribution in [0.5, 0.6) is 0 Å². The largest absolute Gasteiger partial charge is 0.383 e. The van der Waals surface area contributed by atoms with Crippen molar-refractivity contribution in [2.24, 2.45) is 5.73 Å². The van der Waals surface area contributed by atoms with Gasteiger partial charge in [-0.15, -0.1) is 0 Å². The third-order valence-electron chi connectivity index (χ3n) is 2.81. The molecule has 0 bridgehead atoms. The van der Waals surface area contributed by atoms with Gasteiger partial charge in [0.15, 0.2) is 0 Å². The molecule has 0 fully saturated rings. The summed E-state index contributed by atoms with van der Waals surface area (Å²) in [7, 11) is 1.58. The Morgan fingerprint density at radius 3 is 2.71 bits per heavy atom. The van der Waals surface area contributed by atoms with Crippen molar-refractivity contribution < 1.29 is 14.3 Å². The van der Waals surface area contributed by atoms with Crippen molar-refractivity contribution in [1.82, 2.24) is 10.6 Å². The lowest BCUT2D eigenvalue weighted by atomic mass is 10.1. The molecule has 6 nitrogen and oxygen atoms in total. The van der Waals surface area contributed by atoms with Gasteiger partial charge < -0.3 is 21.1 Å². The Labute approximate surface area is 129 Å². The van der Waals surface area contributed by atoms with Crippen LogP contribution in [0.3, 0.4) is 0 Å². The number of rotatable bonds is 9. The van der Waals surface area contributed by atoms with Crippen LogP contribution in [-0.2, 0) is 16.1 Å². The molecule has 0 heterocycles. The van der Waals surface area contributed by atoms with E-state index in [4.69, 9.17) is 22.1 Å². The summed E-state index contributed by atoms with van der Waals surface area (Å²) in [6.45, 7) is 2.06. The highest BCUT2D eigenvalue weighted by Gasteiger charge is 2.06. The third-order valence-corrected chi connectivity index (χ3v) is 3.16. The molecule has 1 rings (SSSR count). The van der Waals surface area contributed by atoms with Gasteiger partial charge in [0, 0.05) is 43.8 Å². The minimum Gasteiger partial charge on any atom is -0.383 e. The molecule has 7 heteroatoms. The van der Waals surface area contributed by atoms with Gasteiger partial charge in [0.1, 0.15) is 0 Å². The van der Waals surface area contributed by atoms with E-state index in [1.54, 1.807) is 25.3 Å². The van der Waals surface area contributed by atoms with Crippen molar-refractivity contribution in [3.63, 3.8) is 0 Å². The first-order valence-electron chi connectivity index (χ1n) is 6.59. The molecule has 116 valence electrons. The highest BCUT2D eigenvalue weighted by atomic mass is 35.5. The van der Waals surface area contributed by atoms with Crippen LogP contribution in [0.1, 0.15) is 22.3 Å². The van der Waals surface area contributed by atoms with Crippen molar-refractivity contribution in [3.8, 4) is 0 Å². The number of benzene rings is 1. The minimum atomic E-state index is -0.510. The van der Waals surface area contributed by atoms with E-state index >= 15 is 0 Å². The number of nitrogens with one attached hydrogen (secondary N) is 2. The highest BCUT2D eigenvalue weighted by Crippen LogP contribution is 2.17. The highest BCUT2D eigenvalue weighted by molar-refractivity contribution is 6.31. The fourth-order valence-corrected chi connectivity index (χ4v) is 1.90. The monoisotopic (exact) mass is 313 g/mol. The van der Waals surface area contributed by atoms with E-state index in [9.17, 15) is 9.59 Å². The summed E-state index contributed by atoms with van der Waals surface area (Å²) >= 11 is 6.06. The van der Waals surface area contributed by atoms with Crippen LogP contribution in [0.15, 0.2) is 18.2 Å². The molecule has 0 saturated heterocycles. The maximum Gasteiger partial charge on any atom is 0.248 e. The van der Waals surface area contributed by atoms with Crippen LogP contribution in [0.4, 0.5) is 0 Å². The van der Waals surface area contributed by atoms with Crippen molar-refractivity contribution in [2.75, 3.05) is 26.8 Å². The van der Waals surface area contributed by atoms with Gasteiger partial charge in [-0.25, -0.2) is 0 Å². The van der Waals surface area contributed by atoms with Gasteiger partial charge in [0.25, 0.3) is 0 Å². The van der Waals surface area contributed by atoms with Crippen LogP contribution in [0.2, 0.25) is 5.02 Å². The van der Waals surface area contributed by atoms with Crippen molar-refractivity contribution in [3.05, 3.63) is 34.3 Å². The lowest BCUT2D eigenvalue weighted by Crippen LogP contribution is -2.30. The summed E-state index contributed by atoms with van der Waals surface area (Å²) in [4.78, 5) is 22.4. The Bertz CT molecular complexity index is 494. The van der Waals surface area contributed by atoms with Crippen LogP contribution in [0.25, 0.3) is 0 Å². The number of ether oxygens (including phenoxy) is 1. The molecule has 21 heavy (non-hydrogen) atoms. The molecule has 1 aromatic rings. The standard InChI is InChI=1S/C14H20ClN3O3/c1-21-7-6-18-13(19)4-5-17-9-11-3-2-10(14(16)20)8-12(11)15/h2-3,8,17H,4-7,9H2,1H3,(H2,16,20)(H,18,19). The number of primary amides is 1. The zero-order valence-electron chi connectivity index (χ0n) is 11.9. The summed E-state index contributed by atoms with van der Waals surface area (Å²) in [6, 6.07) is 4.91. The first kappa shape index (κ1) is 17.4. The second-order valence-electron chi connectivity index (χ2n) is 4.44. The molecule has 0 aliphatic heterocycles. The van der Waals surface area contributed by atoms with Crippen molar-refractivity contribution in [2.45, 2.75) is 13.0 Å². The molecule has 2 amide bonds.